The Balaban J connectivity index is 2.42. The highest BCUT2D eigenvalue weighted by Crippen LogP contribution is 2.36. The molecule has 3 nitrogen and oxygen atoms in total. The van der Waals surface area contributed by atoms with E-state index in [0.717, 1.165) is 0 Å². The Morgan fingerprint density at radius 2 is 2.07 bits per heavy atom. The van der Waals surface area contributed by atoms with Crippen LogP contribution >= 0.6 is 0 Å². The molecule has 1 aliphatic rings. The van der Waals surface area contributed by atoms with Crippen molar-refractivity contribution >= 4 is 0 Å². The maximum absolute atomic E-state index is 13.5. The molecule has 1 aromatic rings. The van der Waals surface area contributed by atoms with Gasteiger partial charge in [0.05, 0.1) is 0 Å². The van der Waals surface area contributed by atoms with Crippen LogP contribution in [0, 0.1) is 5.82 Å². The van der Waals surface area contributed by atoms with Crippen molar-refractivity contribution in [1.82, 2.24) is 0 Å². The molecule has 2 rings (SSSR count). The van der Waals surface area contributed by atoms with Gasteiger partial charge in [0.25, 0.3) is 0 Å². The molecule has 0 amide bonds. The Kier molecular flexibility index (Phi) is 2.29. The molecule has 0 saturated heterocycles. The van der Waals surface area contributed by atoms with Crippen LogP contribution in [0.5, 0.6) is 11.5 Å². The first-order chi connectivity index (χ1) is 6.72. The van der Waals surface area contributed by atoms with Gasteiger partial charge in [-0.25, -0.2) is 4.39 Å². The lowest BCUT2D eigenvalue weighted by Crippen LogP contribution is -2.10. The highest BCUT2D eigenvalue weighted by atomic mass is 19.1. The second-order valence-electron chi connectivity index (χ2n) is 3.36. The second-order valence-corrected chi connectivity index (χ2v) is 3.36. The molecule has 1 aliphatic heterocycles. The van der Waals surface area contributed by atoms with Crippen LogP contribution in [-0.4, -0.2) is 13.3 Å². The minimum absolute atomic E-state index is 0.00972. The number of halogens is 1. The van der Waals surface area contributed by atoms with Crippen molar-refractivity contribution in [2.24, 2.45) is 5.73 Å². The van der Waals surface area contributed by atoms with E-state index in [9.17, 15) is 4.39 Å². The molecule has 0 radical (unpaired) electrons. The van der Waals surface area contributed by atoms with E-state index in [1.54, 1.807) is 6.07 Å². The number of nitrogens with two attached hydrogens (primary N) is 1. The molecule has 1 aromatic carbocycles. The number of fused-ring (bicyclic) bond motifs is 1. The lowest BCUT2D eigenvalue weighted by molar-refractivity contribution is 0.174. The standard InChI is InChI=1S/C10H12FNO2/c1-6(4-12)7-2-9-10(3-8(7)11)14-5-13-9/h2-3,6H,4-5,12H2,1H3. The minimum Gasteiger partial charge on any atom is -0.454 e. The third-order valence-corrected chi connectivity index (χ3v) is 2.38. The van der Waals surface area contributed by atoms with E-state index in [1.807, 2.05) is 6.92 Å². The summed E-state index contributed by atoms with van der Waals surface area (Å²) in [6.07, 6.45) is 0. The van der Waals surface area contributed by atoms with Crippen molar-refractivity contribution in [3.63, 3.8) is 0 Å². The van der Waals surface area contributed by atoms with E-state index in [2.05, 4.69) is 0 Å². The summed E-state index contributed by atoms with van der Waals surface area (Å²) >= 11 is 0. The van der Waals surface area contributed by atoms with Gasteiger partial charge in [0.15, 0.2) is 11.5 Å². The van der Waals surface area contributed by atoms with Crippen LogP contribution in [0.3, 0.4) is 0 Å². The molecule has 2 N–H and O–H groups in total. The van der Waals surface area contributed by atoms with Gasteiger partial charge >= 0.3 is 0 Å². The molecule has 0 spiro atoms. The number of hydrogen-bond acceptors (Lipinski definition) is 3. The SMILES string of the molecule is CC(CN)c1cc2c(cc1F)OCO2. The highest BCUT2D eigenvalue weighted by molar-refractivity contribution is 5.46. The van der Waals surface area contributed by atoms with Crippen LogP contribution in [0.15, 0.2) is 12.1 Å². The first-order valence-corrected chi connectivity index (χ1v) is 4.51. The maximum Gasteiger partial charge on any atom is 0.231 e. The van der Waals surface area contributed by atoms with E-state index in [4.69, 9.17) is 15.2 Å². The molecule has 1 atom stereocenters. The van der Waals surface area contributed by atoms with Gasteiger partial charge in [-0.15, -0.1) is 0 Å². The number of benzene rings is 1. The summed E-state index contributed by atoms with van der Waals surface area (Å²) in [5, 5.41) is 0. The zero-order chi connectivity index (χ0) is 10.1. The van der Waals surface area contributed by atoms with Crippen molar-refractivity contribution in [3.8, 4) is 11.5 Å². The normalized spacial score (nSPS) is 15.6. The molecule has 0 aromatic heterocycles. The molecule has 0 saturated carbocycles. The predicted molar refractivity (Wildman–Crippen MR) is 50.0 cm³/mol. The van der Waals surface area contributed by atoms with Crippen LogP contribution in [0.2, 0.25) is 0 Å². The monoisotopic (exact) mass is 197 g/mol. The molecule has 0 fully saturated rings. The topological polar surface area (TPSA) is 44.5 Å². The largest absolute Gasteiger partial charge is 0.454 e. The van der Waals surface area contributed by atoms with E-state index in [1.165, 1.54) is 6.07 Å². The van der Waals surface area contributed by atoms with Crippen molar-refractivity contribution in [2.75, 3.05) is 13.3 Å². The lowest BCUT2D eigenvalue weighted by Gasteiger charge is -2.10. The van der Waals surface area contributed by atoms with E-state index >= 15 is 0 Å². The van der Waals surface area contributed by atoms with Gasteiger partial charge in [0.2, 0.25) is 6.79 Å². The fourth-order valence-electron chi connectivity index (χ4n) is 1.44. The Morgan fingerprint density at radius 3 is 2.71 bits per heavy atom. The minimum atomic E-state index is -0.285. The molecular formula is C10H12FNO2. The van der Waals surface area contributed by atoms with Gasteiger partial charge in [-0.05, 0) is 24.1 Å². The van der Waals surface area contributed by atoms with Gasteiger partial charge in [-0.1, -0.05) is 6.92 Å². The Bertz CT molecular complexity index is 354. The summed E-state index contributed by atoms with van der Waals surface area (Å²) in [6, 6.07) is 3.01. The Labute approximate surface area is 81.6 Å². The van der Waals surface area contributed by atoms with Crippen LogP contribution in [0.1, 0.15) is 18.4 Å². The van der Waals surface area contributed by atoms with Gasteiger partial charge < -0.3 is 15.2 Å². The van der Waals surface area contributed by atoms with Crippen molar-refractivity contribution < 1.29 is 13.9 Å². The summed E-state index contributed by atoms with van der Waals surface area (Å²) in [4.78, 5) is 0. The Hall–Kier alpha value is -1.29. The van der Waals surface area contributed by atoms with Crippen molar-refractivity contribution in [2.45, 2.75) is 12.8 Å². The van der Waals surface area contributed by atoms with Crippen molar-refractivity contribution in [3.05, 3.63) is 23.5 Å². The molecule has 1 heterocycles. The zero-order valence-electron chi connectivity index (χ0n) is 7.92. The summed E-state index contributed by atoms with van der Waals surface area (Å²) in [6.45, 7) is 2.45. The highest BCUT2D eigenvalue weighted by Gasteiger charge is 2.19. The van der Waals surface area contributed by atoms with Gasteiger partial charge in [-0.3, -0.25) is 0 Å². The lowest BCUT2D eigenvalue weighted by atomic mass is 10.0. The quantitative estimate of drug-likeness (QED) is 0.783. The molecule has 0 aliphatic carbocycles. The van der Waals surface area contributed by atoms with Gasteiger partial charge in [0.1, 0.15) is 5.82 Å². The molecule has 0 bridgehead atoms. The van der Waals surface area contributed by atoms with Crippen LogP contribution in [-0.2, 0) is 0 Å². The van der Waals surface area contributed by atoms with E-state index in [0.29, 0.717) is 23.6 Å². The van der Waals surface area contributed by atoms with E-state index < -0.39 is 0 Å². The van der Waals surface area contributed by atoms with Crippen LogP contribution < -0.4 is 15.2 Å². The summed E-state index contributed by atoms with van der Waals surface area (Å²) in [7, 11) is 0. The van der Waals surface area contributed by atoms with Crippen LogP contribution in [0.25, 0.3) is 0 Å². The molecular weight excluding hydrogens is 185 g/mol. The number of rotatable bonds is 2. The van der Waals surface area contributed by atoms with Gasteiger partial charge in [-0.2, -0.15) is 0 Å². The summed E-state index contributed by atoms with van der Waals surface area (Å²) in [5.74, 6) is 0.772. The first-order valence-electron chi connectivity index (χ1n) is 4.51. The van der Waals surface area contributed by atoms with Gasteiger partial charge in [0, 0.05) is 6.07 Å². The smallest absolute Gasteiger partial charge is 0.231 e. The average molecular weight is 197 g/mol. The first kappa shape index (κ1) is 9.27. The predicted octanol–water partition coefficient (Wildman–Crippen LogP) is 1.62. The summed E-state index contributed by atoms with van der Waals surface area (Å²) < 4.78 is 23.7. The zero-order valence-corrected chi connectivity index (χ0v) is 7.92. The molecule has 4 heteroatoms. The maximum atomic E-state index is 13.5. The number of ether oxygens (including phenoxy) is 2. The average Bonchev–Trinajstić information content (AvgIpc) is 2.62. The molecule has 1 unspecified atom stereocenters. The third-order valence-electron chi connectivity index (χ3n) is 2.38. The fourth-order valence-corrected chi connectivity index (χ4v) is 1.44. The molecule has 76 valence electrons. The van der Waals surface area contributed by atoms with Crippen LogP contribution in [0.4, 0.5) is 4.39 Å². The third kappa shape index (κ3) is 1.42. The Morgan fingerprint density at radius 1 is 1.43 bits per heavy atom. The second kappa shape index (κ2) is 3.46. The van der Waals surface area contributed by atoms with Crippen molar-refractivity contribution in [1.29, 1.82) is 0 Å². The van der Waals surface area contributed by atoms with E-state index in [-0.39, 0.29) is 18.5 Å². The fraction of sp³-hybridized carbons (Fsp3) is 0.400. The molecule has 14 heavy (non-hydrogen) atoms. The summed E-state index contributed by atoms with van der Waals surface area (Å²) in [5.41, 5.74) is 6.06. The number of hydrogen-bond donors (Lipinski definition) is 1.